The number of halogens is 2. The normalized spacial score (nSPS) is 10.1. The lowest BCUT2D eigenvalue weighted by Crippen LogP contribution is -2.11. The molecule has 0 radical (unpaired) electrons. The number of rotatable bonds is 5. The summed E-state index contributed by atoms with van der Waals surface area (Å²) in [5.74, 6) is 0.424. The number of ether oxygens (including phenoxy) is 1. The molecule has 94 valence electrons. The van der Waals surface area contributed by atoms with Crippen LogP contribution in [0, 0.1) is 5.82 Å². The van der Waals surface area contributed by atoms with Gasteiger partial charge in [-0.2, -0.15) is 0 Å². The van der Waals surface area contributed by atoms with Gasteiger partial charge in [0.25, 0.3) is 0 Å². The first-order chi connectivity index (χ1) is 8.75. The summed E-state index contributed by atoms with van der Waals surface area (Å²) in [6, 6.07) is 13.5. The number of anilines is 1. The summed E-state index contributed by atoms with van der Waals surface area (Å²) in [6.07, 6.45) is 0. The zero-order valence-electron chi connectivity index (χ0n) is 9.70. The van der Waals surface area contributed by atoms with Crippen LogP contribution in [0.5, 0.6) is 5.75 Å². The molecule has 2 aromatic rings. The van der Waals surface area contributed by atoms with Gasteiger partial charge in [0.1, 0.15) is 18.2 Å². The molecule has 18 heavy (non-hydrogen) atoms. The molecule has 0 spiro atoms. The molecule has 0 saturated heterocycles. The SMILES string of the molecule is Fc1ccc(NCCOc2ccccc2Cl)cc1. The van der Waals surface area contributed by atoms with Crippen molar-refractivity contribution in [2.24, 2.45) is 0 Å². The molecular formula is C14H13ClFNO. The van der Waals surface area contributed by atoms with E-state index in [2.05, 4.69) is 5.32 Å². The van der Waals surface area contributed by atoms with Crippen molar-refractivity contribution in [2.75, 3.05) is 18.5 Å². The van der Waals surface area contributed by atoms with Gasteiger partial charge in [-0.15, -0.1) is 0 Å². The summed E-state index contributed by atoms with van der Waals surface area (Å²) < 4.78 is 18.2. The first kappa shape index (κ1) is 12.7. The lowest BCUT2D eigenvalue weighted by Gasteiger charge is -2.09. The van der Waals surface area contributed by atoms with Crippen LogP contribution in [-0.4, -0.2) is 13.2 Å². The van der Waals surface area contributed by atoms with Crippen molar-refractivity contribution in [3.8, 4) is 5.75 Å². The lowest BCUT2D eigenvalue weighted by molar-refractivity contribution is 0.333. The highest BCUT2D eigenvalue weighted by molar-refractivity contribution is 6.32. The zero-order valence-corrected chi connectivity index (χ0v) is 10.5. The molecule has 0 atom stereocenters. The Kier molecular flexibility index (Phi) is 4.42. The Labute approximate surface area is 110 Å². The van der Waals surface area contributed by atoms with E-state index in [1.807, 2.05) is 18.2 Å². The van der Waals surface area contributed by atoms with Crippen LogP contribution >= 0.6 is 11.6 Å². The summed E-state index contributed by atoms with van der Waals surface area (Å²) in [5.41, 5.74) is 0.860. The Morgan fingerprint density at radius 2 is 1.78 bits per heavy atom. The molecule has 0 aliphatic carbocycles. The van der Waals surface area contributed by atoms with E-state index in [4.69, 9.17) is 16.3 Å². The van der Waals surface area contributed by atoms with Crippen molar-refractivity contribution in [1.29, 1.82) is 0 Å². The molecule has 0 aliphatic rings. The minimum atomic E-state index is -0.243. The molecule has 0 heterocycles. The highest BCUT2D eigenvalue weighted by Gasteiger charge is 1.99. The summed E-state index contributed by atoms with van der Waals surface area (Å²) in [4.78, 5) is 0. The minimum Gasteiger partial charge on any atom is -0.490 e. The first-order valence-electron chi connectivity index (χ1n) is 5.62. The average molecular weight is 266 g/mol. The third-order valence-corrected chi connectivity index (χ3v) is 2.68. The zero-order chi connectivity index (χ0) is 12.8. The second-order valence-electron chi connectivity index (χ2n) is 3.71. The maximum absolute atomic E-state index is 12.7. The van der Waals surface area contributed by atoms with E-state index in [0.717, 1.165) is 5.69 Å². The van der Waals surface area contributed by atoms with Gasteiger partial charge in [0, 0.05) is 12.2 Å². The molecule has 0 bridgehead atoms. The van der Waals surface area contributed by atoms with Gasteiger partial charge >= 0.3 is 0 Å². The van der Waals surface area contributed by atoms with Gasteiger partial charge in [-0.05, 0) is 36.4 Å². The van der Waals surface area contributed by atoms with Crippen LogP contribution in [-0.2, 0) is 0 Å². The smallest absolute Gasteiger partial charge is 0.137 e. The van der Waals surface area contributed by atoms with E-state index in [1.165, 1.54) is 12.1 Å². The van der Waals surface area contributed by atoms with E-state index < -0.39 is 0 Å². The molecule has 0 saturated carbocycles. The van der Waals surface area contributed by atoms with Gasteiger partial charge in [-0.1, -0.05) is 23.7 Å². The van der Waals surface area contributed by atoms with Gasteiger partial charge < -0.3 is 10.1 Å². The summed E-state index contributed by atoms with van der Waals surface area (Å²) >= 11 is 5.95. The fourth-order valence-electron chi connectivity index (χ4n) is 1.49. The number of para-hydroxylation sites is 1. The van der Waals surface area contributed by atoms with Gasteiger partial charge in [-0.3, -0.25) is 0 Å². The Hall–Kier alpha value is -1.74. The largest absolute Gasteiger partial charge is 0.490 e. The number of hydrogen-bond donors (Lipinski definition) is 1. The van der Waals surface area contributed by atoms with Crippen LogP contribution in [0.3, 0.4) is 0 Å². The van der Waals surface area contributed by atoms with Gasteiger partial charge in [0.05, 0.1) is 5.02 Å². The molecule has 0 aromatic heterocycles. The van der Waals surface area contributed by atoms with Crippen molar-refractivity contribution in [3.63, 3.8) is 0 Å². The van der Waals surface area contributed by atoms with Gasteiger partial charge in [0.15, 0.2) is 0 Å². The van der Waals surface area contributed by atoms with E-state index in [-0.39, 0.29) is 5.82 Å². The van der Waals surface area contributed by atoms with Crippen molar-refractivity contribution in [3.05, 3.63) is 59.4 Å². The second-order valence-corrected chi connectivity index (χ2v) is 4.12. The Bertz CT molecular complexity index is 501. The molecule has 0 aliphatic heterocycles. The van der Waals surface area contributed by atoms with Crippen LogP contribution in [0.15, 0.2) is 48.5 Å². The van der Waals surface area contributed by atoms with Crippen LogP contribution in [0.4, 0.5) is 10.1 Å². The van der Waals surface area contributed by atoms with E-state index >= 15 is 0 Å². The summed E-state index contributed by atoms with van der Waals surface area (Å²) in [5, 5.41) is 3.72. The number of nitrogens with one attached hydrogen (secondary N) is 1. The molecule has 2 nitrogen and oxygen atoms in total. The second kappa shape index (κ2) is 6.26. The molecule has 2 rings (SSSR count). The number of hydrogen-bond acceptors (Lipinski definition) is 2. The predicted octanol–water partition coefficient (Wildman–Crippen LogP) is 3.97. The molecule has 1 N–H and O–H groups in total. The summed E-state index contributed by atoms with van der Waals surface area (Å²) in [6.45, 7) is 1.11. The minimum absolute atomic E-state index is 0.243. The van der Waals surface area contributed by atoms with Crippen LogP contribution in [0.1, 0.15) is 0 Å². The fourth-order valence-corrected chi connectivity index (χ4v) is 1.68. The van der Waals surface area contributed by atoms with E-state index in [0.29, 0.717) is 23.9 Å². The van der Waals surface area contributed by atoms with Crippen LogP contribution < -0.4 is 10.1 Å². The Balaban J connectivity index is 1.76. The van der Waals surface area contributed by atoms with E-state index in [9.17, 15) is 4.39 Å². The topological polar surface area (TPSA) is 21.3 Å². The third-order valence-electron chi connectivity index (χ3n) is 2.37. The van der Waals surface area contributed by atoms with Crippen molar-refractivity contribution in [2.45, 2.75) is 0 Å². The molecule has 2 aromatic carbocycles. The monoisotopic (exact) mass is 265 g/mol. The van der Waals surface area contributed by atoms with Gasteiger partial charge in [-0.25, -0.2) is 4.39 Å². The molecule has 4 heteroatoms. The molecular weight excluding hydrogens is 253 g/mol. The Morgan fingerprint density at radius 3 is 2.50 bits per heavy atom. The fraction of sp³-hybridized carbons (Fsp3) is 0.143. The predicted molar refractivity (Wildman–Crippen MR) is 71.8 cm³/mol. The van der Waals surface area contributed by atoms with Crippen molar-refractivity contribution >= 4 is 17.3 Å². The quantitative estimate of drug-likeness (QED) is 0.826. The maximum Gasteiger partial charge on any atom is 0.137 e. The molecule has 0 unspecified atom stereocenters. The standard InChI is InChI=1S/C14H13ClFNO/c15-13-3-1-2-4-14(13)18-10-9-17-12-7-5-11(16)6-8-12/h1-8,17H,9-10H2. The lowest BCUT2D eigenvalue weighted by atomic mass is 10.3. The highest BCUT2D eigenvalue weighted by atomic mass is 35.5. The maximum atomic E-state index is 12.7. The van der Waals surface area contributed by atoms with Crippen molar-refractivity contribution < 1.29 is 9.13 Å². The Morgan fingerprint density at radius 1 is 1.06 bits per heavy atom. The van der Waals surface area contributed by atoms with E-state index in [1.54, 1.807) is 18.2 Å². The first-order valence-corrected chi connectivity index (χ1v) is 6.00. The van der Waals surface area contributed by atoms with Crippen LogP contribution in [0.2, 0.25) is 5.02 Å². The number of benzene rings is 2. The van der Waals surface area contributed by atoms with Crippen LogP contribution in [0.25, 0.3) is 0 Å². The molecule has 0 fully saturated rings. The van der Waals surface area contributed by atoms with Crippen molar-refractivity contribution in [1.82, 2.24) is 0 Å². The summed E-state index contributed by atoms with van der Waals surface area (Å²) in [7, 11) is 0. The average Bonchev–Trinajstić information content (AvgIpc) is 2.39. The highest BCUT2D eigenvalue weighted by Crippen LogP contribution is 2.22. The van der Waals surface area contributed by atoms with Gasteiger partial charge in [0.2, 0.25) is 0 Å². The molecule has 0 amide bonds. The third kappa shape index (κ3) is 3.64.